The Labute approximate surface area is 154 Å². The van der Waals surface area contributed by atoms with E-state index in [-0.39, 0.29) is 12.6 Å². The summed E-state index contributed by atoms with van der Waals surface area (Å²) in [7, 11) is -1.47. The Morgan fingerprint density at radius 2 is 2.42 bits per heavy atom. The molecule has 5 N–H and O–H groups in total. The Hall–Kier alpha value is -2.56. The minimum Gasteiger partial charge on any atom is -0.480 e. The number of rotatable bonds is 6. The number of hydrogen-bond donors (Lipinski definition) is 4. The molecule has 3 rings (SSSR count). The van der Waals surface area contributed by atoms with Crippen molar-refractivity contribution < 1.29 is 9.90 Å². The van der Waals surface area contributed by atoms with Gasteiger partial charge in [0, 0.05) is 0 Å². The van der Waals surface area contributed by atoms with E-state index in [1.807, 2.05) is 24.4 Å². The summed E-state index contributed by atoms with van der Waals surface area (Å²) >= 11 is 1.56. The standard InChI is InChI=1S/C13H18N9O2PS/c1-8(10-4-3-5-26-10)18-21-7-22(9(2)11(23)24)25(19-12(21)14)20-13-15-6-16-17-13/h3-6,9H,7H2,1-2H3,(H2,14,19)(H,23,24)(H2,15,16,17,20)/b18-8+. The maximum Gasteiger partial charge on any atom is 0.321 e. The Balaban J connectivity index is 1.87. The number of H-pyrrole nitrogens is 1. The van der Waals surface area contributed by atoms with E-state index in [1.54, 1.807) is 22.9 Å². The number of thiophene rings is 1. The molecule has 11 nitrogen and oxygen atoms in total. The lowest BCUT2D eigenvalue weighted by Gasteiger charge is -2.38. The van der Waals surface area contributed by atoms with Gasteiger partial charge >= 0.3 is 5.97 Å². The van der Waals surface area contributed by atoms with E-state index in [1.165, 1.54) is 11.3 Å². The van der Waals surface area contributed by atoms with Crippen LogP contribution in [-0.2, 0) is 4.79 Å². The van der Waals surface area contributed by atoms with Crippen molar-refractivity contribution >= 4 is 43.3 Å². The zero-order chi connectivity index (χ0) is 18.7. The van der Waals surface area contributed by atoms with Crippen LogP contribution >= 0.6 is 19.7 Å². The van der Waals surface area contributed by atoms with E-state index in [4.69, 9.17) is 5.73 Å². The molecule has 0 spiro atoms. The monoisotopic (exact) mass is 395 g/mol. The zero-order valence-electron chi connectivity index (χ0n) is 14.1. The normalized spacial score (nSPS) is 19.9. The first-order valence-electron chi connectivity index (χ1n) is 7.58. The van der Waals surface area contributed by atoms with Crippen LogP contribution in [0.2, 0.25) is 0 Å². The van der Waals surface area contributed by atoms with Gasteiger partial charge in [0.25, 0.3) is 0 Å². The van der Waals surface area contributed by atoms with Crippen molar-refractivity contribution in [2.75, 3.05) is 11.8 Å². The number of hydrazone groups is 1. The van der Waals surface area contributed by atoms with Crippen molar-refractivity contribution in [3.05, 3.63) is 28.7 Å². The maximum atomic E-state index is 11.5. The summed E-state index contributed by atoms with van der Waals surface area (Å²) in [5.74, 6) is -0.374. The molecule has 2 aromatic rings. The SMILES string of the molecule is C/C(=N\N1CN(C(C)C(=O)O)P(Nc2ncn[nH]2)N=C1N)c1cccs1. The van der Waals surface area contributed by atoms with Crippen LogP contribution in [0.4, 0.5) is 5.95 Å². The number of hydrogen-bond acceptors (Lipinski definition) is 10. The summed E-state index contributed by atoms with van der Waals surface area (Å²) in [6.07, 6.45) is 1.35. The molecule has 0 amide bonds. The molecule has 1 aliphatic heterocycles. The fourth-order valence-electron chi connectivity index (χ4n) is 2.13. The lowest BCUT2D eigenvalue weighted by atomic mass is 10.3. The minimum absolute atomic E-state index is 0.179. The summed E-state index contributed by atoms with van der Waals surface area (Å²) in [5.41, 5.74) is 6.84. The van der Waals surface area contributed by atoms with E-state index < -0.39 is 20.4 Å². The van der Waals surface area contributed by atoms with Gasteiger partial charge < -0.3 is 15.9 Å². The van der Waals surface area contributed by atoms with Crippen LogP contribution in [0.1, 0.15) is 18.7 Å². The van der Waals surface area contributed by atoms with E-state index in [0.29, 0.717) is 5.95 Å². The summed E-state index contributed by atoms with van der Waals surface area (Å²) in [6, 6.07) is 3.09. The lowest BCUT2D eigenvalue weighted by molar-refractivity contribution is -0.141. The number of nitrogens with zero attached hydrogens (tertiary/aromatic N) is 6. The molecule has 26 heavy (non-hydrogen) atoms. The van der Waals surface area contributed by atoms with Crippen molar-refractivity contribution in [3.63, 3.8) is 0 Å². The Morgan fingerprint density at radius 3 is 3.04 bits per heavy atom. The number of guanidine groups is 1. The molecular weight excluding hydrogens is 377 g/mol. The van der Waals surface area contributed by atoms with Crippen LogP contribution < -0.4 is 10.8 Å². The third kappa shape index (κ3) is 3.98. The van der Waals surface area contributed by atoms with Gasteiger partial charge in [0.2, 0.25) is 20.3 Å². The third-order valence-corrected chi connectivity index (χ3v) is 6.30. The molecule has 2 unspecified atom stereocenters. The third-order valence-electron chi connectivity index (χ3n) is 3.56. The number of aliphatic carboxylic acids is 1. The summed E-state index contributed by atoms with van der Waals surface area (Å²) < 4.78 is 6.07. The van der Waals surface area contributed by atoms with Crippen molar-refractivity contribution in [2.45, 2.75) is 19.9 Å². The van der Waals surface area contributed by atoms with Gasteiger partial charge in [-0.1, -0.05) is 6.07 Å². The number of carbonyl (C=O) groups is 1. The molecule has 0 saturated carbocycles. The second-order valence-corrected chi connectivity index (χ2v) is 7.81. The number of carboxylic acids is 1. The van der Waals surface area contributed by atoms with Crippen LogP contribution in [0, 0.1) is 0 Å². The zero-order valence-corrected chi connectivity index (χ0v) is 15.8. The number of aromatic amines is 1. The molecule has 13 heteroatoms. The number of anilines is 1. The first-order valence-corrected chi connectivity index (χ1v) is 9.70. The Morgan fingerprint density at radius 1 is 1.62 bits per heavy atom. The molecule has 3 heterocycles. The molecule has 0 radical (unpaired) electrons. The molecule has 0 aliphatic carbocycles. The van der Waals surface area contributed by atoms with Crippen LogP contribution in [-0.4, -0.2) is 60.3 Å². The van der Waals surface area contributed by atoms with Crippen molar-refractivity contribution in [2.24, 2.45) is 15.6 Å². The van der Waals surface area contributed by atoms with Gasteiger partial charge in [-0.05, 0) is 25.3 Å². The fraction of sp³-hybridized carbons (Fsp3) is 0.308. The van der Waals surface area contributed by atoms with Gasteiger partial charge in [-0.2, -0.15) is 19.9 Å². The summed E-state index contributed by atoms with van der Waals surface area (Å²) in [6.45, 7) is 3.64. The first kappa shape index (κ1) is 18.2. The average molecular weight is 395 g/mol. The van der Waals surface area contributed by atoms with Gasteiger partial charge in [0.15, 0.2) is 0 Å². The Bertz CT molecular complexity index is 808. The van der Waals surface area contributed by atoms with Crippen molar-refractivity contribution in [1.82, 2.24) is 24.9 Å². The van der Waals surface area contributed by atoms with Gasteiger partial charge in [0.05, 0.1) is 10.6 Å². The predicted octanol–water partition coefficient (Wildman–Crippen LogP) is 1.29. The highest BCUT2D eigenvalue weighted by Gasteiger charge is 2.35. The summed E-state index contributed by atoms with van der Waals surface area (Å²) in [4.78, 5) is 16.5. The second kappa shape index (κ2) is 7.77. The van der Waals surface area contributed by atoms with E-state index in [2.05, 4.69) is 30.1 Å². The predicted molar refractivity (Wildman–Crippen MR) is 101 cm³/mol. The molecular formula is C13H18N9O2PS. The molecule has 1 aliphatic rings. The average Bonchev–Trinajstić information content (AvgIpc) is 3.29. The molecule has 138 valence electrons. The van der Waals surface area contributed by atoms with Gasteiger partial charge in [0.1, 0.15) is 19.0 Å². The van der Waals surface area contributed by atoms with Crippen molar-refractivity contribution in [3.8, 4) is 0 Å². The lowest BCUT2D eigenvalue weighted by Crippen LogP contribution is -2.49. The highest BCUT2D eigenvalue weighted by molar-refractivity contribution is 7.55. The molecule has 0 saturated heterocycles. The second-order valence-electron chi connectivity index (χ2n) is 5.35. The van der Waals surface area contributed by atoms with E-state index in [0.717, 1.165) is 10.6 Å². The van der Waals surface area contributed by atoms with Crippen LogP contribution in [0.25, 0.3) is 0 Å². The number of carboxylic acid groups (broad SMARTS) is 1. The molecule has 0 fully saturated rings. The van der Waals surface area contributed by atoms with Crippen LogP contribution in [0.3, 0.4) is 0 Å². The molecule has 2 aromatic heterocycles. The highest BCUT2D eigenvalue weighted by Crippen LogP contribution is 2.45. The van der Waals surface area contributed by atoms with Gasteiger partial charge in [-0.3, -0.25) is 4.79 Å². The van der Waals surface area contributed by atoms with Gasteiger partial charge in [-0.25, -0.2) is 14.8 Å². The first-order chi connectivity index (χ1) is 12.5. The van der Waals surface area contributed by atoms with Gasteiger partial charge in [-0.15, -0.1) is 11.3 Å². The number of nitrogens with one attached hydrogen (secondary N) is 2. The van der Waals surface area contributed by atoms with E-state index in [9.17, 15) is 9.90 Å². The topological polar surface area (TPSA) is 148 Å². The molecule has 0 aromatic carbocycles. The van der Waals surface area contributed by atoms with Crippen LogP contribution in [0.5, 0.6) is 0 Å². The number of nitrogens with two attached hydrogens (primary N) is 1. The maximum absolute atomic E-state index is 11.5. The minimum atomic E-state index is -1.47. The fourth-order valence-corrected chi connectivity index (χ4v) is 4.36. The quantitative estimate of drug-likeness (QED) is 0.422. The summed E-state index contributed by atoms with van der Waals surface area (Å²) in [5, 5.41) is 26.9. The van der Waals surface area contributed by atoms with E-state index >= 15 is 0 Å². The van der Waals surface area contributed by atoms with Crippen LogP contribution in [0.15, 0.2) is 33.7 Å². The largest absolute Gasteiger partial charge is 0.480 e. The Kier molecular flexibility index (Phi) is 5.45. The highest BCUT2D eigenvalue weighted by atomic mass is 32.1. The molecule has 2 atom stereocenters. The molecule has 0 bridgehead atoms. The number of aromatic nitrogens is 3. The van der Waals surface area contributed by atoms with Crippen molar-refractivity contribution in [1.29, 1.82) is 0 Å². The smallest absolute Gasteiger partial charge is 0.321 e.